The maximum atomic E-state index is 11.0. The van der Waals surface area contributed by atoms with E-state index >= 15 is 0 Å². The summed E-state index contributed by atoms with van der Waals surface area (Å²) in [6.45, 7) is 0. The molecule has 4 N–H and O–H groups in total. The maximum absolute atomic E-state index is 11.0. The number of rotatable bonds is 3. The van der Waals surface area contributed by atoms with Gasteiger partial charge in [-0.05, 0) is 12.1 Å². The van der Waals surface area contributed by atoms with Crippen molar-refractivity contribution in [1.82, 2.24) is 14.8 Å². The van der Waals surface area contributed by atoms with Crippen molar-refractivity contribution in [2.75, 3.05) is 12.8 Å². The van der Waals surface area contributed by atoms with E-state index in [9.17, 15) is 4.79 Å². The third-order valence-corrected chi connectivity index (χ3v) is 2.16. The first-order valence-electron chi connectivity index (χ1n) is 4.78. The quantitative estimate of drug-likeness (QED) is 0.772. The van der Waals surface area contributed by atoms with Crippen molar-refractivity contribution in [1.29, 1.82) is 0 Å². The number of anilines is 1. The lowest BCUT2D eigenvalue weighted by Crippen LogP contribution is -2.14. The molecule has 2 heterocycles. The van der Waals surface area contributed by atoms with E-state index in [2.05, 4.69) is 10.1 Å². The molecule has 0 fully saturated rings. The number of methoxy groups -OCH3 is 1. The van der Waals surface area contributed by atoms with Crippen LogP contribution < -0.4 is 16.2 Å². The average Bonchev–Trinajstić information content (AvgIpc) is 2.71. The minimum absolute atomic E-state index is 0.0118. The number of nitrogen functional groups attached to an aromatic ring is 1. The first-order chi connectivity index (χ1) is 8.13. The van der Waals surface area contributed by atoms with Crippen LogP contribution in [0.3, 0.4) is 0 Å². The van der Waals surface area contributed by atoms with Gasteiger partial charge in [0.1, 0.15) is 0 Å². The van der Waals surface area contributed by atoms with E-state index in [1.54, 1.807) is 18.3 Å². The molecule has 0 aliphatic rings. The summed E-state index contributed by atoms with van der Waals surface area (Å²) >= 11 is 0. The van der Waals surface area contributed by atoms with Gasteiger partial charge in [-0.2, -0.15) is 5.10 Å². The van der Waals surface area contributed by atoms with Gasteiger partial charge < -0.3 is 16.2 Å². The highest BCUT2D eigenvalue weighted by atomic mass is 16.5. The largest absolute Gasteiger partial charge is 0.493 e. The third-order valence-electron chi connectivity index (χ3n) is 2.16. The molecule has 0 spiro atoms. The number of nitrogens with zero attached hydrogens (tertiary/aromatic N) is 3. The Hall–Kier alpha value is -2.57. The number of amides is 1. The molecular formula is C10H11N5O2. The molecule has 7 nitrogen and oxygen atoms in total. The zero-order valence-electron chi connectivity index (χ0n) is 9.12. The minimum atomic E-state index is -0.684. The average molecular weight is 233 g/mol. The predicted octanol–water partition coefficient (Wildman–Crippen LogP) is -0.0430. The molecule has 0 bridgehead atoms. The van der Waals surface area contributed by atoms with Crippen molar-refractivity contribution >= 4 is 11.6 Å². The summed E-state index contributed by atoms with van der Waals surface area (Å²) in [5.74, 6) is 0.274. The zero-order chi connectivity index (χ0) is 12.4. The van der Waals surface area contributed by atoms with Crippen molar-refractivity contribution in [3.8, 4) is 11.6 Å². The van der Waals surface area contributed by atoms with Crippen molar-refractivity contribution in [2.45, 2.75) is 0 Å². The van der Waals surface area contributed by atoms with Crippen molar-refractivity contribution in [2.24, 2.45) is 5.73 Å². The monoisotopic (exact) mass is 233 g/mol. The van der Waals surface area contributed by atoms with Gasteiger partial charge >= 0.3 is 0 Å². The fourth-order valence-electron chi connectivity index (χ4n) is 1.40. The zero-order valence-corrected chi connectivity index (χ0v) is 9.12. The first-order valence-corrected chi connectivity index (χ1v) is 4.78. The SMILES string of the molecule is COc1cccnc1-n1cc(N)c(C(N)=O)n1. The summed E-state index contributed by atoms with van der Waals surface area (Å²) in [6, 6.07) is 3.45. The summed E-state index contributed by atoms with van der Waals surface area (Å²) in [7, 11) is 1.52. The molecule has 7 heteroatoms. The Kier molecular flexibility index (Phi) is 2.65. The molecule has 0 radical (unpaired) electrons. The molecule has 1 amide bonds. The molecular weight excluding hydrogens is 222 g/mol. The summed E-state index contributed by atoms with van der Waals surface area (Å²) in [5.41, 5.74) is 11.0. The molecule has 0 aliphatic carbocycles. The lowest BCUT2D eigenvalue weighted by molar-refractivity contribution is 0.0996. The molecule has 2 aromatic heterocycles. The van der Waals surface area contributed by atoms with Crippen LogP contribution >= 0.6 is 0 Å². The van der Waals surface area contributed by atoms with Crippen LogP contribution in [0.5, 0.6) is 5.75 Å². The number of nitrogens with two attached hydrogens (primary N) is 2. The van der Waals surface area contributed by atoms with Gasteiger partial charge in [0, 0.05) is 6.20 Å². The van der Waals surface area contributed by atoms with Crippen LogP contribution in [0, 0.1) is 0 Å². The molecule has 0 saturated heterocycles. The number of pyridine rings is 1. The number of aromatic nitrogens is 3. The van der Waals surface area contributed by atoms with Crippen molar-refractivity contribution in [3.05, 3.63) is 30.2 Å². The molecule has 17 heavy (non-hydrogen) atoms. The first kappa shape index (κ1) is 10.9. The molecule has 2 aromatic rings. The smallest absolute Gasteiger partial charge is 0.271 e. The normalized spacial score (nSPS) is 10.2. The van der Waals surface area contributed by atoms with Gasteiger partial charge in [0.05, 0.1) is 19.0 Å². The summed E-state index contributed by atoms with van der Waals surface area (Å²) in [5, 5.41) is 3.96. The van der Waals surface area contributed by atoms with Crippen LogP contribution in [0.4, 0.5) is 5.69 Å². The van der Waals surface area contributed by atoms with Crippen LogP contribution in [-0.4, -0.2) is 27.8 Å². The van der Waals surface area contributed by atoms with E-state index in [1.165, 1.54) is 18.0 Å². The Labute approximate surface area is 97.0 Å². The Bertz CT molecular complexity index is 564. The summed E-state index contributed by atoms with van der Waals surface area (Å²) in [4.78, 5) is 15.1. The van der Waals surface area contributed by atoms with E-state index in [0.29, 0.717) is 11.6 Å². The number of hydrogen-bond acceptors (Lipinski definition) is 5. The lowest BCUT2D eigenvalue weighted by atomic mass is 10.4. The van der Waals surface area contributed by atoms with Crippen LogP contribution in [-0.2, 0) is 0 Å². The molecule has 0 aromatic carbocycles. The van der Waals surface area contributed by atoms with Crippen LogP contribution in [0.2, 0.25) is 0 Å². The van der Waals surface area contributed by atoms with Crippen molar-refractivity contribution < 1.29 is 9.53 Å². The molecule has 2 rings (SSSR count). The number of ether oxygens (including phenoxy) is 1. The van der Waals surface area contributed by atoms with Gasteiger partial charge in [0.2, 0.25) is 0 Å². The lowest BCUT2D eigenvalue weighted by Gasteiger charge is -2.05. The number of carbonyl (C=O) groups excluding carboxylic acids is 1. The molecule has 0 atom stereocenters. The second-order valence-corrected chi connectivity index (χ2v) is 3.27. The van der Waals surface area contributed by atoms with Crippen LogP contribution in [0.15, 0.2) is 24.5 Å². The highest BCUT2D eigenvalue weighted by molar-refractivity contribution is 5.95. The highest BCUT2D eigenvalue weighted by Gasteiger charge is 2.14. The molecule has 88 valence electrons. The van der Waals surface area contributed by atoms with Gasteiger partial charge in [0.15, 0.2) is 17.3 Å². The van der Waals surface area contributed by atoms with Gasteiger partial charge in [-0.15, -0.1) is 0 Å². The second-order valence-electron chi connectivity index (χ2n) is 3.27. The third kappa shape index (κ3) is 1.89. The summed E-state index contributed by atoms with van der Waals surface area (Å²) < 4.78 is 6.48. The van der Waals surface area contributed by atoms with E-state index in [-0.39, 0.29) is 11.4 Å². The summed E-state index contributed by atoms with van der Waals surface area (Å²) in [6.07, 6.45) is 3.05. The topological polar surface area (TPSA) is 109 Å². The van der Waals surface area contributed by atoms with E-state index < -0.39 is 5.91 Å². The minimum Gasteiger partial charge on any atom is -0.493 e. The molecule has 0 unspecified atom stereocenters. The standard InChI is InChI=1S/C10H11N5O2/c1-17-7-3-2-4-13-10(7)15-5-6(11)8(14-15)9(12)16/h2-5H,11H2,1H3,(H2,12,16). The van der Waals surface area contributed by atoms with E-state index in [0.717, 1.165) is 0 Å². The Morgan fingerprint density at radius 1 is 1.53 bits per heavy atom. The van der Waals surface area contributed by atoms with Gasteiger partial charge in [0.25, 0.3) is 5.91 Å². The maximum Gasteiger partial charge on any atom is 0.271 e. The number of carbonyl (C=O) groups is 1. The highest BCUT2D eigenvalue weighted by Crippen LogP contribution is 2.20. The van der Waals surface area contributed by atoms with Crippen LogP contribution in [0.25, 0.3) is 5.82 Å². The van der Waals surface area contributed by atoms with Gasteiger partial charge in [-0.3, -0.25) is 4.79 Å². The van der Waals surface area contributed by atoms with E-state index in [4.69, 9.17) is 16.2 Å². The predicted molar refractivity (Wildman–Crippen MR) is 60.8 cm³/mol. The van der Waals surface area contributed by atoms with Crippen molar-refractivity contribution in [3.63, 3.8) is 0 Å². The molecule has 0 aliphatic heterocycles. The Morgan fingerprint density at radius 3 is 2.88 bits per heavy atom. The van der Waals surface area contributed by atoms with Crippen LogP contribution in [0.1, 0.15) is 10.5 Å². The van der Waals surface area contributed by atoms with E-state index in [1.807, 2.05) is 0 Å². The fraction of sp³-hybridized carbons (Fsp3) is 0.100. The fourth-order valence-corrected chi connectivity index (χ4v) is 1.40. The Balaban J connectivity index is 2.53. The van der Waals surface area contributed by atoms with Gasteiger partial charge in [-0.25, -0.2) is 9.67 Å². The van der Waals surface area contributed by atoms with Gasteiger partial charge in [-0.1, -0.05) is 0 Å². The number of primary amides is 1. The number of hydrogen-bond donors (Lipinski definition) is 2. The Morgan fingerprint density at radius 2 is 2.29 bits per heavy atom. The second kappa shape index (κ2) is 4.12. The molecule has 0 saturated carbocycles.